The summed E-state index contributed by atoms with van der Waals surface area (Å²) in [5.74, 6) is -0.568. The topological polar surface area (TPSA) is 122 Å². The molecule has 0 spiro atoms. The van der Waals surface area contributed by atoms with Crippen LogP contribution in [0.15, 0.2) is 91.0 Å². The number of carbonyl (C=O) groups is 2. The van der Waals surface area contributed by atoms with E-state index in [0.717, 1.165) is 11.1 Å². The molecule has 1 aliphatic rings. The van der Waals surface area contributed by atoms with Crippen molar-refractivity contribution in [2.24, 2.45) is 5.73 Å². The van der Waals surface area contributed by atoms with E-state index in [1.54, 1.807) is 35.2 Å². The summed E-state index contributed by atoms with van der Waals surface area (Å²) >= 11 is -2.65. The van der Waals surface area contributed by atoms with Crippen molar-refractivity contribution in [1.29, 1.82) is 0 Å². The van der Waals surface area contributed by atoms with E-state index in [2.05, 4.69) is 5.32 Å². The molecule has 0 radical (unpaired) electrons. The number of benzene rings is 3. The Hall–Kier alpha value is -3.37. The molecule has 3 unspecified atom stereocenters. The van der Waals surface area contributed by atoms with E-state index in [1.165, 1.54) is 0 Å². The average molecular weight is 536 g/mol. The van der Waals surface area contributed by atoms with Crippen LogP contribution in [0, 0.1) is 0 Å². The molecule has 1 aliphatic heterocycles. The number of morpholine rings is 1. The standard InChI is InChI=1S/C29H33N3O5S/c30-25(23-12-6-2-7-13-23)21-29(38(35)36,24-14-8-3-9-15-24)27(33)26(20-22-10-4-1-5-11-22)31-28(34)32-16-18-37-19-17-32/h1-15,25-26H,16-21,30H2,(H,31,34)(H,35,36)/t25?,26-,29?/m0/s1. The molecule has 0 bridgehead atoms. The molecule has 0 aromatic heterocycles. The Labute approximate surface area is 225 Å². The molecule has 0 aliphatic carbocycles. The first-order valence-corrected chi connectivity index (χ1v) is 13.7. The lowest BCUT2D eigenvalue weighted by Gasteiger charge is -2.36. The van der Waals surface area contributed by atoms with Crippen molar-refractivity contribution in [1.82, 2.24) is 10.2 Å². The molecule has 4 rings (SSSR count). The second-order valence-corrected chi connectivity index (χ2v) is 10.5. The van der Waals surface area contributed by atoms with Crippen molar-refractivity contribution in [3.63, 3.8) is 0 Å². The highest BCUT2D eigenvalue weighted by Crippen LogP contribution is 2.38. The number of urea groups is 1. The first kappa shape index (κ1) is 27.7. The maximum atomic E-state index is 14.5. The van der Waals surface area contributed by atoms with Gasteiger partial charge in [-0.1, -0.05) is 91.0 Å². The van der Waals surface area contributed by atoms with Gasteiger partial charge in [-0.2, -0.15) is 0 Å². The van der Waals surface area contributed by atoms with Crippen LogP contribution in [0.3, 0.4) is 0 Å². The number of Topliss-reactive ketones (excluding diaryl/α,β-unsaturated/α-hetero) is 1. The number of amides is 2. The number of carbonyl (C=O) groups excluding carboxylic acids is 2. The molecule has 2 amide bonds. The van der Waals surface area contributed by atoms with Crippen LogP contribution in [0.4, 0.5) is 4.79 Å². The lowest BCUT2D eigenvalue weighted by atomic mass is 9.81. The summed E-state index contributed by atoms with van der Waals surface area (Å²) in [6.07, 6.45) is 0.0315. The number of nitrogens with one attached hydrogen (secondary N) is 1. The quantitative estimate of drug-likeness (QED) is 0.342. The zero-order chi connectivity index (χ0) is 27.0. The van der Waals surface area contributed by atoms with E-state index in [4.69, 9.17) is 10.5 Å². The third kappa shape index (κ3) is 6.36. The summed E-state index contributed by atoms with van der Waals surface area (Å²) in [6.45, 7) is 1.61. The SMILES string of the molecule is NC(CC(C(=O)[C@H](Cc1ccccc1)NC(=O)N1CCOCC1)(c1ccccc1)S(=O)O)c1ccccc1. The number of nitrogens with zero attached hydrogens (tertiary/aromatic N) is 1. The zero-order valence-corrected chi connectivity index (χ0v) is 21.9. The van der Waals surface area contributed by atoms with Crippen LogP contribution in [-0.2, 0) is 31.8 Å². The normalized spacial score (nSPS) is 17.6. The minimum absolute atomic E-state index is 0.123. The van der Waals surface area contributed by atoms with Gasteiger partial charge in [0.15, 0.2) is 21.6 Å². The highest BCUT2D eigenvalue weighted by Gasteiger charge is 2.50. The highest BCUT2D eigenvalue weighted by atomic mass is 32.2. The summed E-state index contributed by atoms with van der Waals surface area (Å²) in [6, 6.07) is 24.8. The summed E-state index contributed by atoms with van der Waals surface area (Å²) in [5.41, 5.74) is 8.48. The molecule has 3 aromatic rings. The monoisotopic (exact) mass is 535 g/mol. The van der Waals surface area contributed by atoms with Gasteiger partial charge < -0.3 is 25.2 Å². The molecule has 38 heavy (non-hydrogen) atoms. The third-order valence-electron chi connectivity index (χ3n) is 6.87. The van der Waals surface area contributed by atoms with Gasteiger partial charge in [-0.25, -0.2) is 9.00 Å². The molecule has 1 heterocycles. The number of ether oxygens (including phenoxy) is 1. The van der Waals surface area contributed by atoms with E-state index in [-0.39, 0.29) is 12.8 Å². The Kier molecular flexibility index (Phi) is 9.41. The molecule has 0 saturated carbocycles. The lowest BCUT2D eigenvalue weighted by molar-refractivity contribution is -0.124. The lowest BCUT2D eigenvalue weighted by Crippen LogP contribution is -2.57. The van der Waals surface area contributed by atoms with Crippen molar-refractivity contribution < 1.29 is 23.1 Å². The molecule has 4 N–H and O–H groups in total. The van der Waals surface area contributed by atoms with Gasteiger partial charge >= 0.3 is 6.03 Å². The van der Waals surface area contributed by atoms with Gasteiger partial charge in [0.25, 0.3) is 0 Å². The van der Waals surface area contributed by atoms with Gasteiger partial charge in [0, 0.05) is 19.1 Å². The van der Waals surface area contributed by atoms with E-state index < -0.39 is 39.7 Å². The first-order valence-electron chi connectivity index (χ1n) is 12.6. The summed E-state index contributed by atoms with van der Waals surface area (Å²) in [7, 11) is 0. The summed E-state index contributed by atoms with van der Waals surface area (Å²) < 4.78 is 27.6. The minimum Gasteiger partial charge on any atom is -0.378 e. The van der Waals surface area contributed by atoms with Crippen molar-refractivity contribution in [2.75, 3.05) is 26.3 Å². The largest absolute Gasteiger partial charge is 0.378 e. The highest BCUT2D eigenvalue weighted by molar-refractivity contribution is 7.81. The van der Waals surface area contributed by atoms with Crippen LogP contribution < -0.4 is 11.1 Å². The molecule has 200 valence electrons. The Bertz CT molecular complexity index is 1220. The van der Waals surface area contributed by atoms with E-state index in [9.17, 15) is 18.4 Å². The Morgan fingerprint density at radius 1 is 0.947 bits per heavy atom. The molecule has 1 fully saturated rings. The smallest absolute Gasteiger partial charge is 0.318 e. The number of hydrogen-bond donors (Lipinski definition) is 3. The van der Waals surface area contributed by atoms with Crippen molar-refractivity contribution >= 4 is 22.9 Å². The van der Waals surface area contributed by atoms with Crippen molar-refractivity contribution in [3.8, 4) is 0 Å². The maximum absolute atomic E-state index is 14.5. The molecule has 3 aromatic carbocycles. The molecular weight excluding hydrogens is 502 g/mol. The Balaban J connectivity index is 1.75. The summed E-state index contributed by atoms with van der Waals surface area (Å²) in [4.78, 5) is 29.3. The molecule has 4 atom stereocenters. The number of ketones is 1. The van der Waals surface area contributed by atoms with Crippen LogP contribution in [0.1, 0.15) is 29.2 Å². The maximum Gasteiger partial charge on any atom is 0.318 e. The van der Waals surface area contributed by atoms with Crippen LogP contribution in [0.2, 0.25) is 0 Å². The number of rotatable bonds is 10. The van der Waals surface area contributed by atoms with Gasteiger partial charge in [-0.3, -0.25) is 4.79 Å². The molecular formula is C29H33N3O5S. The van der Waals surface area contributed by atoms with Gasteiger partial charge in [0.2, 0.25) is 0 Å². The number of hydrogen-bond acceptors (Lipinski definition) is 5. The van der Waals surface area contributed by atoms with E-state index >= 15 is 0 Å². The molecule has 8 nitrogen and oxygen atoms in total. The second kappa shape index (κ2) is 12.9. The fourth-order valence-corrected chi connectivity index (χ4v) is 5.78. The second-order valence-electron chi connectivity index (χ2n) is 9.32. The van der Waals surface area contributed by atoms with Gasteiger partial charge in [0.1, 0.15) is 0 Å². The van der Waals surface area contributed by atoms with E-state index in [1.807, 2.05) is 60.7 Å². The fourth-order valence-electron chi connectivity index (χ4n) is 4.80. The van der Waals surface area contributed by atoms with Crippen LogP contribution >= 0.6 is 0 Å². The Morgan fingerprint density at radius 3 is 2.08 bits per heavy atom. The van der Waals surface area contributed by atoms with E-state index in [0.29, 0.717) is 31.9 Å². The van der Waals surface area contributed by atoms with Gasteiger partial charge in [-0.15, -0.1) is 0 Å². The predicted octanol–water partition coefficient (Wildman–Crippen LogP) is 3.42. The van der Waals surface area contributed by atoms with Crippen LogP contribution in [0.25, 0.3) is 0 Å². The predicted molar refractivity (Wildman–Crippen MR) is 147 cm³/mol. The summed E-state index contributed by atoms with van der Waals surface area (Å²) in [5, 5.41) is 2.87. The third-order valence-corrected chi connectivity index (χ3v) is 8.07. The molecule has 1 saturated heterocycles. The zero-order valence-electron chi connectivity index (χ0n) is 21.1. The average Bonchev–Trinajstić information content (AvgIpc) is 2.97. The fraction of sp³-hybridized carbons (Fsp3) is 0.310. The van der Waals surface area contributed by atoms with Crippen molar-refractivity contribution in [2.45, 2.75) is 29.7 Å². The van der Waals surface area contributed by atoms with Gasteiger partial charge in [0.05, 0.1) is 19.3 Å². The van der Waals surface area contributed by atoms with Crippen molar-refractivity contribution in [3.05, 3.63) is 108 Å². The van der Waals surface area contributed by atoms with Crippen LogP contribution in [-0.4, -0.2) is 57.8 Å². The number of nitrogens with two attached hydrogens (primary N) is 1. The minimum atomic E-state index is -2.65. The first-order chi connectivity index (χ1) is 18.4. The molecule has 9 heteroatoms. The Morgan fingerprint density at radius 2 is 1.50 bits per heavy atom. The van der Waals surface area contributed by atoms with Crippen LogP contribution in [0.5, 0.6) is 0 Å². The van der Waals surface area contributed by atoms with Gasteiger partial charge in [-0.05, 0) is 29.5 Å².